The van der Waals surface area contributed by atoms with Gasteiger partial charge < -0.3 is 34.7 Å². The van der Waals surface area contributed by atoms with Crippen molar-refractivity contribution in [3.8, 4) is 5.75 Å². The van der Waals surface area contributed by atoms with E-state index in [2.05, 4.69) is 15.6 Å². The fourth-order valence-electron chi connectivity index (χ4n) is 7.09. The van der Waals surface area contributed by atoms with Crippen molar-refractivity contribution in [2.45, 2.75) is 87.5 Å². The molecule has 7 atom stereocenters. The maximum atomic E-state index is 14.3. The van der Waals surface area contributed by atoms with Gasteiger partial charge in [-0.25, -0.2) is 22.6 Å². The number of carbonyl (C=O) groups is 1. The number of nitrogens with one attached hydrogen (secondary N) is 2. The Morgan fingerprint density at radius 3 is 2.73 bits per heavy atom. The average Bonchev–Trinajstić information content (AvgIpc) is 3.70. The third kappa shape index (κ3) is 7.52. The van der Waals surface area contributed by atoms with Crippen LogP contribution in [0, 0.1) is 23.6 Å². The largest absolute Gasteiger partial charge is 0.494 e. The third-order valence-corrected chi connectivity index (χ3v) is 12.5. The van der Waals surface area contributed by atoms with Gasteiger partial charge >= 0.3 is 6.09 Å². The number of aromatic nitrogens is 1. The molecule has 2 saturated carbocycles. The van der Waals surface area contributed by atoms with Crippen molar-refractivity contribution in [3.63, 3.8) is 0 Å². The summed E-state index contributed by atoms with van der Waals surface area (Å²) in [7, 11) is -2.73. The van der Waals surface area contributed by atoms with Gasteiger partial charge in [-0.1, -0.05) is 31.3 Å². The second-order valence-corrected chi connectivity index (χ2v) is 17.0. The minimum atomic E-state index is -4.08. The number of ether oxygens (including phenoxy) is 4. The van der Waals surface area contributed by atoms with Gasteiger partial charge in [0, 0.05) is 31.0 Å². The molecular weight excluding hydrogens is 676 g/mol. The molecular formula is C34H43FN4O8S2. The van der Waals surface area contributed by atoms with E-state index < -0.39 is 40.2 Å². The zero-order valence-corrected chi connectivity index (χ0v) is 29.3. The zero-order valence-electron chi connectivity index (χ0n) is 27.7. The lowest BCUT2D eigenvalue weighted by atomic mass is 9.78. The molecule has 5 unspecified atom stereocenters. The maximum absolute atomic E-state index is 14.3. The molecule has 12 nitrogen and oxygen atoms in total. The van der Waals surface area contributed by atoms with Gasteiger partial charge in [-0.05, 0) is 73.9 Å². The summed E-state index contributed by atoms with van der Waals surface area (Å²) in [6.07, 6.45) is 0.651. The van der Waals surface area contributed by atoms with Crippen LogP contribution in [0.2, 0.25) is 0 Å². The summed E-state index contributed by atoms with van der Waals surface area (Å²) < 4.78 is 67.4. The van der Waals surface area contributed by atoms with E-state index in [-0.39, 0.29) is 54.4 Å². The first-order valence-corrected chi connectivity index (χ1v) is 19.1. The van der Waals surface area contributed by atoms with Crippen molar-refractivity contribution in [3.05, 3.63) is 47.8 Å². The van der Waals surface area contributed by atoms with E-state index in [1.807, 2.05) is 13.8 Å². The standard InChI is InChI=1S/C34H43FN4O8S2/c1-18(2)15-39(49(42,43)23-7-9-25-30(14-23)48-33(37-25)36-22-5-6-22)16-27(40)26(10-19-4-8-24(35)28(11-19)44-3)38-34(41)47-31-21-12-20-13-29(31)46-32(20)45-17-21/h4,7-9,11,14,18,20-22,26-27,29,31-32,40H,5-6,10,12-13,15-17H2,1-3H3,(H,36,37)(H,38,41)/t20?,21?,26-,27+,29?,31?,32?/m0/s1. The number of nitrogens with zero attached hydrogens (tertiary/aromatic N) is 2. The summed E-state index contributed by atoms with van der Waals surface area (Å²) in [5.41, 5.74) is 1.27. The smallest absolute Gasteiger partial charge is 0.407 e. The zero-order chi connectivity index (χ0) is 34.4. The summed E-state index contributed by atoms with van der Waals surface area (Å²) in [5, 5.41) is 18.7. The highest BCUT2D eigenvalue weighted by Crippen LogP contribution is 2.46. The first kappa shape index (κ1) is 34.4. The summed E-state index contributed by atoms with van der Waals surface area (Å²) >= 11 is 1.41. The summed E-state index contributed by atoms with van der Waals surface area (Å²) in [6, 6.07) is 8.54. The van der Waals surface area contributed by atoms with Gasteiger partial charge in [-0.2, -0.15) is 4.31 Å². The Bertz CT molecular complexity index is 1780. The first-order chi connectivity index (χ1) is 23.5. The Morgan fingerprint density at radius 2 is 1.98 bits per heavy atom. The Kier molecular flexibility index (Phi) is 9.76. The Morgan fingerprint density at radius 1 is 1.16 bits per heavy atom. The highest BCUT2D eigenvalue weighted by atomic mass is 32.2. The number of rotatable bonds is 14. The molecule has 4 aliphatic rings. The van der Waals surface area contributed by atoms with Crippen LogP contribution in [0.5, 0.6) is 5.75 Å². The molecule has 15 heteroatoms. The van der Waals surface area contributed by atoms with E-state index in [0.717, 1.165) is 35.5 Å². The van der Waals surface area contributed by atoms with Crippen LogP contribution in [0.15, 0.2) is 41.3 Å². The average molecular weight is 719 g/mol. The van der Waals surface area contributed by atoms with Crippen molar-refractivity contribution < 1.29 is 41.7 Å². The highest BCUT2D eigenvalue weighted by Gasteiger charge is 2.53. The molecule has 3 N–H and O–H groups in total. The van der Waals surface area contributed by atoms with Gasteiger partial charge in [-0.3, -0.25) is 0 Å². The molecule has 3 heterocycles. The maximum Gasteiger partial charge on any atom is 0.407 e. The molecule has 3 bridgehead atoms. The van der Waals surface area contributed by atoms with Crippen molar-refractivity contribution in [1.82, 2.24) is 14.6 Å². The van der Waals surface area contributed by atoms with E-state index in [0.29, 0.717) is 29.6 Å². The Labute approximate surface area is 289 Å². The molecule has 1 amide bonds. The number of alkyl carbamates (subject to hydrolysis) is 1. The molecule has 2 aliphatic heterocycles. The number of fused-ring (bicyclic) bond motifs is 3. The number of carbonyl (C=O) groups excluding carboxylic acids is 1. The lowest BCUT2D eigenvalue weighted by Gasteiger charge is -2.37. The predicted octanol–water partition coefficient (Wildman–Crippen LogP) is 4.51. The van der Waals surface area contributed by atoms with E-state index >= 15 is 0 Å². The number of aliphatic hydroxyl groups excluding tert-OH is 1. The van der Waals surface area contributed by atoms with Gasteiger partial charge in [0.15, 0.2) is 23.0 Å². The second-order valence-electron chi connectivity index (χ2n) is 14.0. The lowest BCUT2D eigenvalue weighted by Crippen LogP contribution is -2.53. The lowest BCUT2D eigenvalue weighted by molar-refractivity contribution is -0.153. The number of hydrogen-bond donors (Lipinski definition) is 3. The van der Waals surface area contributed by atoms with Crippen LogP contribution in [0.3, 0.4) is 0 Å². The molecule has 49 heavy (non-hydrogen) atoms. The summed E-state index contributed by atoms with van der Waals surface area (Å²) in [5.74, 6) is -0.317. The third-order valence-electron chi connectivity index (χ3n) is 9.68. The van der Waals surface area contributed by atoms with Crippen LogP contribution in [-0.4, -0.2) is 92.4 Å². The van der Waals surface area contributed by atoms with Gasteiger partial charge in [-0.15, -0.1) is 0 Å². The monoisotopic (exact) mass is 718 g/mol. The number of methoxy groups -OCH3 is 1. The van der Waals surface area contributed by atoms with Gasteiger partial charge in [0.25, 0.3) is 0 Å². The molecule has 4 fully saturated rings. The number of thiazole rings is 1. The molecule has 7 rings (SSSR count). The van der Waals surface area contributed by atoms with Crippen LogP contribution in [0.1, 0.15) is 45.1 Å². The van der Waals surface area contributed by atoms with Crippen molar-refractivity contribution in [2.75, 3.05) is 32.1 Å². The van der Waals surface area contributed by atoms with Gasteiger partial charge in [0.2, 0.25) is 10.0 Å². The van der Waals surface area contributed by atoms with Gasteiger partial charge in [0.05, 0.1) is 47.1 Å². The van der Waals surface area contributed by atoms with E-state index in [1.54, 1.807) is 12.1 Å². The quantitative estimate of drug-likeness (QED) is 0.218. The van der Waals surface area contributed by atoms with Gasteiger partial charge in [0.1, 0.15) is 6.10 Å². The van der Waals surface area contributed by atoms with Crippen LogP contribution in [-0.2, 0) is 30.7 Å². The second kappa shape index (κ2) is 13.9. The fourth-order valence-corrected chi connectivity index (χ4v) is 9.80. The molecule has 0 spiro atoms. The SMILES string of the molecule is COc1cc(C[C@H](NC(=O)OC2C3COC4OC2CC4C3)[C@H](O)CN(CC(C)C)S(=O)(=O)c2ccc3nc(NC4CC4)sc3c2)ccc1F. The van der Waals surface area contributed by atoms with Crippen LogP contribution in [0.4, 0.5) is 14.3 Å². The summed E-state index contributed by atoms with van der Waals surface area (Å²) in [6.45, 7) is 4.04. The normalized spacial score (nSPS) is 25.9. The topological polar surface area (TPSA) is 149 Å². The number of halogens is 1. The summed E-state index contributed by atoms with van der Waals surface area (Å²) in [4.78, 5) is 18.1. The number of aliphatic hydroxyl groups is 1. The predicted molar refractivity (Wildman–Crippen MR) is 181 cm³/mol. The van der Waals surface area contributed by atoms with Crippen LogP contribution < -0.4 is 15.4 Å². The van der Waals surface area contributed by atoms with E-state index in [9.17, 15) is 22.7 Å². The molecule has 2 aromatic carbocycles. The first-order valence-electron chi connectivity index (χ1n) is 16.9. The molecule has 3 aromatic rings. The number of anilines is 1. The van der Waals surface area contributed by atoms with Crippen molar-refractivity contribution in [2.24, 2.45) is 17.8 Å². The fraction of sp³-hybridized carbons (Fsp3) is 0.588. The molecule has 0 radical (unpaired) electrons. The Hall–Kier alpha value is -3.08. The van der Waals surface area contributed by atoms with Crippen molar-refractivity contribution in [1.29, 1.82) is 0 Å². The number of amides is 1. The minimum Gasteiger partial charge on any atom is -0.494 e. The number of benzene rings is 2. The minimum absolute atomic E-state index is 0.00103. The molecule has 2 aliphatic carbocycles. The van der Waals surface area contributed by atoms with Crippen LogP contribution in [0.25, 0.3) is 10.2 Å². The van der Waals surface area contributed by atoms with Crippen LogP contribution >= 0.6 is 11.3 Å². The Balaban J connectivity index is 1.12. The molecule has 2 saturated heterocycles. The number of hydrogen-bond acceptors (Lipinski definition) is 11. The van der Waals surface area contributed by atoms with Crippen molar-refractivity contribution >= 4 is 42.8 Å². The number of sulfonamides is 1. The van der Waals surface area contributed by atoms with E-state index in [1.165, 1.54) is 47.0 Å². The molecule has 1 aromatic heterocycles. The molecule has 266 valence electrons. The highest BCUT2D eigenvalue weighted by molar-refractivity contribution is 7.89. The van der Waals surface area contributed by atoms with E-state index in [4.69, 9.17) is 18.9 Å².